The van der Waals surface area contributed by atoms with Crippen molar-refractivity contribution in [3.8, 4) is 0 Å². The fourth-order valence-corrected chi connectivity index (χ4v) is 3.68. The quantitative estimate of drug-likeness (QED) is 0.830. The van der Waals surface area contributed by atoms with Gasteiger partial charge in [-0.15, -0.1) is 0 Å². The van der Waals surface area contributed by atoms with E-state index in [9.17, 15) is 0 Å². The van der Waals surface area contributed by atoms with E-state index in [-0.39, 0.29) is 6.29 Å². The Labute approximate surface area is 144 Å². The fourth-order valence-electron chi connectivity index (χ4n) is 3.68. The van der Waals surface area contributed by atoms with Gasteiger partial charge in [0.2, 0.25) is 0 Å². The summed E-state index contributed by atoms with van der Waals surface area (Å²) in [6.45, 7) is 2.78. The second-order valence-electron chi connectivity index (χ2n) is 6.73. The van der Waals surface area contributed by atoms with Gasteiger partial charge in [0.15, 0.2) is 6.29 Å². The molecule has 2 aliphatic heterocycles. The zero-order chi connectivity index (χ0) is 16.2. The normalized spacial score (nSPS) is 22.5. The Balaban J connectivity index is 1.44. The third-order valence-corrected chi connectivity index (χ3v) is 4.95. The molecule has 2 aromatic rings. The average Bonchev–Trinajstić information content (AvgIpc) is 2.62. The highest BCUT2D eigenvalue weighted by molar-refractivity contribution is 5.32. The van der Waals surface area contributed by atoms with Crippen LogP contribution in [0.2, 0.25) is 0 Å². The van der Waals surface area contributed by atoms with Crippen LogP contribution in [0.25, 0.3) is 0 Å². The van der Waals surface area contributed by atoms with Crippen molar-refractivity contribution in [2.24, 2.45) is 0 Å². The molecule has 0 amide bonds. The summed E-state index contributed by atoms with van der Waals surface area (Å²) in [5, 5.41) is 0. The number of rotatable bonds is 5. The Hall–Kier alpha value is -1.68. The van der Waals surface area contributed by atoms with Gasteiger partial charge < -0.3 is 9.47 Å². The van der Waals surface area contributed by atoms with Gasteiger partial charge in [0.25, 0.3) is 0 Å². The van der Waals surface area contributed by atoms with Crippen LogP contribution < -0.4 is 0 Å². The van der Waals surface area contributed by atoms with Crippen molar-refractivity contribution in [2.45, 2.75) is 37.7 Å². The van der Waals surface area contributed by atoms with Crippen LogP contribution in [-0.2, 0) is 9.47 Å². The second-order valence-corrected chi connectivity index (χ2v) is 6.73. The Morgan fingerprint density at radius 3 is 2.04 bits per heavy atom. The Morgan fingerprint density at radius 1 is 0.875 bits per heavy atom. The lowest BCUT2D eigenvalue weighted by Gasteiger charge is -2.45. The largest absolute Gasteiger partial charge is 0.353 e. The van der Waals surface area contributed by atoms with Gasteiger partial charge in [0.05, 0.1) is 12.1 Å². The van der Waals surface area contributed by atoms with Gasteiger partial charge in [0, 0.05) is 19.7 Å². The number of hydrogen-bond donors (Lipinski definition) is 0. The number of hydrogen-bond acceptors (Lipinski definition) is 3. The molecule has 126 valence electrons. The molecule has 0 aliphatic carbocycles. The summed E-state index contributed by atoms with van der Waals surface area (Å²) in [6.07, 6.45) is 3.73. The average molecular weight is 323 g/mol. The van der Waals surface area contributed by atoms with Crippen molar-refractivity contribution >= 4 is 0 Å². The summed E-state index contributed by atoms with van der Waals surface area (Å²) in [5.74, 6) is 0. The Morgan fingerprint density at radius 2 is 1.50 bits per heavy atom. The Kier molecular flexibility index (Phi) is 4.93. The molecule has 0 bridgehead atoms. The zero-order valence-electron chi connectivity index (χ0n) is 14.0. The Bertz CT molecular complexity index is 579. The molecular weight excluding hydrogens is 298 g/mol. The first-order chi connectivity index (χ1) is 11.9. The van der Waals surface area contributed by atoms with Crippen molar-refractivity contribution in [3.63, 3.8) is 0 Å². The van der Waals surface area contributed by atoms with Gasteiger partial charge in [-0.2, -0.15) is 0 Å². The summed E-state index contributed by atoms with van der Waals surface area (Å²) in [6, 6.07) is 21.8. The van der Waals surface area contributed by atoms with Crippen LogP contribution in [0.1, 0.15) is 36.4 Å². The maximum Gasteiger partial charge on any atom is 0.158 e. The summed E-state index contributed by atoms with van der Waals surface area (Å²) < 4.78 is 11.8. The minimum atomic E-state index is 0.0119. The lowest BCUT2D eigenvalue weighted by atomic mass is 9.94. The molecule has 2 heterocycles. The van der Waals surface area contributed by atoms with Gasteiger partial charge >= 0.3 is 0 Å². The molecule has 3 heteroatoms. The standard InChI is InChI=1S/C21H25NO2/c1-3-9-17(10-4-1)21(18-11-5-2-6-12-18)22-15-19(16-22)24-20-13-7-8-14-23-20/h1-6,9-12,19-21H,7-8,13-16H2. The predicted molar refractivity (Wildman–Crippen MR) is 94.8 cm³/mol. The third kappa shape index (κ3) is 3.54. The van der Waals surface area contributed by atoms with Crippen molar-refractivity contribution in [1.29, 1.82) is 0 Å². The molecule has 1 atom stereocenters. The molecule has 0 aromatic heterocycles. The topological polar surface area (TPSA) is 21.7 Å². The number of benzene rings is 2. The van der Waals surface area contributed by atoms with Crippen LogP contribution in [0.15, 0.2) is 60.7 Å². The molecule has 3 nitrogen and oxygen atoms in total. The molecule has 4 rings (SSSR count). The predicted octanol–water partition coefficient (Wildman–Crippen LogP) is 4.00. The first-order valence-electron chi connectivity index (χ1n) is 9.01. The van der Waals surface area contributed by atoms with E-state index in [0.29, 0.717) is 12.1 Å². The number of likely N-dealkylation sites (tertiary alicyclic amines) is 1. The molecule has 0 saturated carbocycles. The van der Waals surface area contributed by atoms with E-state index in [1.165, 1.54) is 24.0 Å². The van der Waals surface area contributed by atoms with Gasteiger partial charge in [-0.25, -0.2) is 0 Å². The van der Waals surface area contributed by atoms with E-state index in [4.69, 9.17) is 9.47 Å². The van der Waals surface area contributed by atoms with E-state index in [2.05, 4.69) is 65.6 Å². The molecular formula is C21H25NO2. The molecule has 2 aromatic carbocycles. The van der Waals surface area contributed by atoms with Crippen LogP contribution in [0, 0.1) is 0 Å². The lowest BCUT2D eigenvalue weighted by Crippen LogP contribution is -2.55. The summed E-state index contributed by atoms with van der Waals surface area (Å²) >= 11 is 0. The minimum absolute atomic E-state index is 0.0119. The first kappa shape index (κ1) is 15.8. The van der Waals surface area contributed by atoms with Gasteiger partial charge in [-0.05, 0) is 30.4 Å². The van der Waals surface area contributed by atoms with Crippen LogP contribution in [0.4, 0.5) is 0 Å². The monoisotopic (exact) mass is 323 g/mol. The first-order valence-corrected chi connectivity index (χ1v) is 9.01. The van der Waals surface area contributed by atoms with Gasteiger partial charge in [-0.1, -0.05) is 60.7 Å². The molecule has 0 spiro atoms. The summed E-state index contributed by atoms with van der Waals surface area (Å²) in [5.41, 5.74) is 2.69. The molecule has 2 aliphatic rings. The maximum atomic E-state index is 6.12. The van der Waals surface area contributed by atoms with E-state index >= 15 is 0 Å². The van der Waals surface area contributed by atoms with Gasteiger partial charge in [-0.3, -0.25) is 4.90 Å². The number of nitrogens with zero attached hydrogens (tertiary/aromatic N) is 1. The third-order valence-electron chi connectivity index (χ3n) is 4.95. The highest BCUT2D eigenvalue weighted by Gasteiger charge is 2.36. The van der Waals surface area contributed by atoms with Crippen LogP contribution in [0.3, 0.4) is 0 Å². The number of ether oxygens (including phenoxy) is 2. The van der Waals surface area contributed by atoms with E-state index in [1.807, 2.05) is 0 Å². The SMILES string of the molecule is c1ccc(C(c2ccccc2)N2CC(OC3CCCCO3)C2)cc1. The van der Waals surface area contributed by atoms with E-state index in [0.717, 1.165) is 26.1 Å². The van der Waals surface area contributed by atoms with Crippen molar-refractivity contribution in [3.05, 3.63) is 71.8 Å². The van der Waals surface area contributed by atoms with Crippen LogP contribution >= 0.6 is 0 Å². The molecule has 0 N–H and O–H groups in total. The fraction of sp³-hybridized carbons (Fsp3) is 0.429. The van der Waals surface area contributed by atoms with Crippen molar-refractivity contribution < 1.29 is 9.47 Å². The molecule has 2 saturated heterocycles. The summed E-state index contributed by atoms with van der Waals surface area (Å²) in [4.78, 5) is 2.50. The van der Waals surface area contributed by atoms with E-state index in [1.54, 1.807) is 0 Å². The maximum absolute atomic E-state index is 6.12. The minimum Gasteiger partial charge on any atom is -0.353 e. The summed E-state index contributed by atoms with van der Waals surface area (Å²) in [7, 11) is 0. The van der Waals surface area contributed by atoms with E-state index < -0.39 is 0 Å². The smallest absolute Gasteiger partial charge is 0.158 e. The van der Waals surface area contributed by atoms with Crippen molar-refractivity contribution in [1.82, 2.24) is 4.90 Å². The lowest BCUT2D eigenvalue weighted by molar-refractivity contribution is -0.216. The second kappa shape index (κ2) is 7.47. The molecule has 24 heavy (non-hydrogen) atoms. The van der Waals surface area contributed by atoms with Gasteiger partial charge in [0.1, 0.15) is 0 Å². The molecule has 1 unspecified atom stereocenters. The molecule has 2 fully saturated rings. The van der Waals surface area contributed by atoms with Crippen LogP contribution in [-0.4, -0.2) is 37.0 Å². The highest BCUT2D eigenvalue weighted by atomic mass is 16.7. The molecule has 0 radical (unpaired) electrons. The zero-order valence-corrected chi connectivity index (χ0v) is 14.0. The highest BCUT2D eigenvalue weighted by Crippen LogP contribution is 2.33. The van der Waals surface area contributed by atoms with Crippen LogP contribution in [0.5, 0.6) is 0 Å². The van der Waals surface area contributed by atoms with Crippen molar-refractivity contribution in [2.75, 3.05) is 19.7 Å².